The first kappa shape index (κ1) is 18.7. The van der Waals surface area contributed by atoms with Crippen molar-refractivity contribution in [2.45, 2.75) is 6.92 Å². The number of aryl methyl sites for hydroxylation is 1. The Kier molecular flexibility index (Phi) is 8.57. The summed E-state index contributed by atoms with van der Waals surface area (Å²) < 4.78 is 5.10. The summed E-state index contributed by atoms with van der Waals surface area (Å²) in [5, 5.41) is 2.17. The molecule has 0 spiro atoms. The monoisotopic (exact) mass is 309 g/mol. The number of halogens is 1. The molecule has 0 atom stereocenters. The number of rotatable bonds is 2. The standard InChI is InChI=1S/C13H13NO.C2H6N2O.ClH/c1-10-3-8-13(14-9-10)11-4-6-12(15-2)7-5-11;1-4-2(3)5;/h3-9H,1-2H3;1H3,(H3,3,4,5);1H. The minimum Gasteiger partial charge on any atom is -0.497 e. The zero-order chi connectivity index (χ0) is 15.0. The predicted octanol–water partition coefficient (Wildman–Crippen LogP) is 2.77. The molecule has 3 N–H and O–H groups in total. The maximum absolute atomic E-state index is 9.48. The van der Waals surface area contributed by atoms with Gasteiger partial charge >= 0.3 is 6.03 Å². The third-order valence-electron chi connectivity index (χ3n) is 2.54. The summed E-state index contributed by atoms with van der Waals surface area (Å²) in [5.74, 6) is 0.867. The minimum absolute atomic E-state index is 0. The molecule has 0 saturated heterocycles. The molecule has 0 unspecified atom stereocenters. The zero-order valence-electron chi connectivity index (χ0n) is 12.3. The highest BCUT2D eigenvalue weighted by molar-refractivity contribution is 5.85. The molecule has 0 aliphatic carbocycles. The summed E-state index contributed by atoms with van der Waals surface area (Å²) >= 11 is 0. The smallest absolute Gasteiger partial charge is 0.311 e. The Morgan fingerprint density at radius 3 is 2.14 bits per heavy atom. The van der Waals surface area contributed by atoms with Gasteiger partial charge in [-0.2, -0.15) is 0 Å². The molecule has 2 amide bonds. The number of hydrogen-bond acceptors (Lipinski definition) is 3. The molecule has 0 saturated carbocycles. The Morgan fingerprint density at radius 2 is 1.76 bits per heavy atom. The molecule has 1 aromatic heterocycles. The molecule has 1 aromatic carbocycles. The largest absolute Gasteiger partial charge is 0.497 e. The van der Waals surface area contributed by atoms with Crippen molar-refractivity contribution in [3.8, 4) is 17.0 Å². The van der Waals surface area contributed by atoms with E-state index in [1.54, 1.807) is 7.11 Å². The first-order chi connectivity index (χ1) is 9.56. The lowest BCUT2D eigenvalue weighted by Crippen LogP contribution is -2.24. The van der Waals surface area contributed by atoms with Crippen LogP contribution in [0.5, 0.6) is 5.75 Å². The van der Waals surface area contributed by atoms with Gasteiger partial charge in [-0.3, -0.25) is 4.98 Å². The van der Waals surface area contributed by atoms with Gasteiger partial charge in [-0.05, 0) is 42.8 Å². The van der Waals surface area contributed by atoms with Crippen molar-refractivity contribution in [2.75, 3.05) is 14.2 Å². The number of amides is 2. The van der Waals surface area contributed by atoms with Gasteiger partial charge < -0.3 is 15.8 Å². The molecule has 1 heterocycles. The van der Waals surface area contributed by atoms with Crippen LogP contribution in [0.1, 0.15) is 5.56 Å². The van der Waals surface area contributed by atoms with Crippen LogP contribution in [0, 0.1) is 6.92 Å². The Morgan fingerprint density at radius 1 is 1.19 bits per heavy atom. The van der Waals surface area contributed by atoms with Crippen molar-refractivity contribution in [3.05, 3.63) is 48.2 Å². The van der Waals surface area contributed by atoms with Gasteiger partial charge in [0.15, 0.2) is 0 Å². The van der Waals surface area contributed by atoms with E-state index in [9.17, 15) is 4.79 Å². The third kappa shape index (κ3) is 6.63. The van der Waals surface area contributed by atoms with Crippen LogP contribution in [0.25, 0.3) is 11.3 Å². The van der Waals surface area contributed by atoms with Crippen LogP contribution in [-0.2, 0) is 0 Å². The highest BCUT2D eigenvalue weighted by Crippen LogP contribution is 2.20. The van der Waals surface area contributed by atoms with Crippen LogP contribution >= 0.6 is 12.4 Å². The highest BCUT2D eigenvalue weighted by Gasteiger charge is 1.98. The second kappa shape index (κ2) is 9.61. The van der Waals surface area contributed by atoms with Crippen LogP contribution < -0.4 is 15.8 Å². The van der Waals surface area contributed by atoms with Crippen molar-refractivity contribution < 1.29 is 9.53 Å². The normalized spacial score (nSPS) is 8.71. The number of nitrogens with one attached hydrogen (secondary N) is 1. The molecule has 6 heteroatoms. The molecule has 5 nitrogen and oxygen atoms in total. The van der Waals surface area contributed by atoms with E-state index >= 15 is 0 Å². The summed E-state index contributed by atoms with van der Waals surface area (Å²) in [6, 6.07) is 11.5. The van der Waals surface area contributed by atoms with E-state index in [0.717, 1.165) is 17.0 Å². The number of benzene rings is 1. The molecule has 0 fully saturated rings. The zero-order valence-corrected chi connectivity index (χ0v) is 13.1. The fraction of sp³-hybridized carbons (Fsp3) is 0.200. The van der Waals surface area contributed by atoms with Gasteiger partial charge in [0.1, 0.15) is 5.75 Å². The fourth-order valence-corrected chi connectivity index (χ4v) is 1.40. The fourth-order valence-electron chi connectivity index (χ4n) is 1.40. The predicted molar refractivity (Wildman–Crippen MR) is 86.9 cm³/mol. The van der Waals surface area contributed by atoms with Crippen molar-refractivity contribution in [2.24, 2.45) is 5.73 Å². The van der Waals surface area contributed by atoms with Crippen LogP contribution in [0.4, 0.5) is 4.79 Å². The van der Waals surface area contributed by atoms with E-state index in [1.165, 1.54) is 12.6 Å². The number of primary amides is 1. The minimum atomic E-state index is -0.495. The number of hydrogen-bond donors (Lipinski definition) is 2. The molecular formula is C15H20ClN3O2. The number of carbonyl (C=O) groups excluding carboxylic acids is 1. The first-order valence-corrected chi connectivity index (χ1v) is 6.11. The number of methoxy groups -OCH3 is 1. The van der Waals surface area contributed by atoms with Crippen LogP contribution in [-0.4, -0.2) is 25.2 Å². The Hall–Kier alpha value is -2.27. The maximum atomic E-state index is 9.48. The first-order valence-electron chi connectivity index (χ1n) is 6.11. The lowest BCUT2D eigenvalue weighted by Gasteiger charge is -2.03. The van der Waals surface area contributed by atoms with Crippen molar-refractivity contribution in [1.82, 2.24) is 10.3 Å². The summed E-state index contributed by atoms with van der Waals surface area (Å²) in [5.41, 5.74) is 7.81. The number of urea groups is 1. The van der Waals surface area contributed by atoms with E-state index in [4.69, 9.17) is 4.74 Å². The van der Waals surface area contributed by atoms with E-state index in [1.807, 2.05) is 43.5 Å². The Labute approximate surface area is 130 Å². The second-order valence-electron chi connectivity index (χ2n) is 4.06. The third-order valence-corrected chi connectivity index (χ3v) is 2.54. The van der Waals surface area contributed by atoms with Gasteiger partial charge in [-0.15, -0.1) is 12.4 Å². The van der Waals surface area contributed by atoms with Crippen molar-refractivity contribution in [1.29, 1.82) is 0 Å². The van der Waals surface area contributed by atoms with Gasteiger partial charge in [-0.1, -0.05) is 6.07 Å². The van der Waals surface area contributed by atoms with Gasteiger partial charge in [0, 0.05) is 18.8 Å². The number of nitrogens with zero attached hydrogens (tertiary/aromatic N) is 1. The highest BCUT2D eigenvalue weighted by atomic mass is 35.5. The second-order valence-corrected chi connectivity index (χ2v) is 4.06. The van der Waals surface area contributed by atoms with Gasteiger partial charge in [0.05, 0.1) is 12.8 Å². The van der Waals surface area contributed by atoms with Gasteiger partial charge in [0.2, 0.25) is 0 Å². The summed E-state index contributed by atoms with van der Waals surface area (Å²) in [6.07, 6.45) is 1.87. The number of ether oxygens (including phenoxy) is 1. The summed E-state index contributed by atoms with van der Waals surface area (Å²) in [7, 11) is 3.14. The van der Waals surface area contributed by atoms with Gasteiger partial charge in [0.25, 0.3) is 0 Å². The van der Waals surface area contributed by atoms with E-state index < -0.39 is 6.03 Å². The number of carbonyl (C=O) groups is 1. The average molecular weight is 310 g/mol. The molecule has 0 aliphatic heterocycles. The molecule has 0 radical (unpaired) electrons. The number of nitrogens with two attached hydrogens (primary N) is 1. The summed E-state index contributed by atoms with van der Waals surface area (Å²) in [6.45, 7) is 2.03. The lowest BCUT2D eigenvalue weighted by atomic mass is 10.1. The van der Waals surface area contributed by atoms with Crippen molar-refractivity contribution in [3.63, 3.8) is 0 Å². The molecule has 2 rings (SSSR count). The molecule has 0 aliphatic rings. The maximum Gasteiger partial charge on any atom is 0.311 e. The van der Waals surface area contributed by atoms with Crippen LogP contribution in [0.3, 0.4) is 0 Å². The number of pyridine rings is 1. The molecule has 114 valence electrons. The van der Waals surface area contributed by atoms with Crippen LogP contribution in [0.2, 0.25) is 0 Å². The van der Waals surface area contributed by atoms with E-state index in [0.29, 0.717) is 0 Å². The summed E-state index contributed by atoms with van der Waals surface area (Å²) in [4.78, 5) is 13.8. The quantitative estimate of drug-likeness (QED) is 0.895. The van der Waals surface area contributed by atoms with E-state index in [-0.39, 0.29) is 12.4 Å². The molecule has 21 heavy (non-hydrogen) atoms. The molecule has 0 bridgehead atoms. The Bertz CT molecular complexity index is 542. The molecular weight excluding hydrogens is 290 g/mol. The molecule has 2 aromatic rings. The number of aromatic nitrogens is 1. The van der Waals surface area contributed by atoms with Gasteiger partial charge in [-0.25, -0.2) is 4.79 Å². The SMILES string of the molecule is CNC(N)=O.COc1ccc(-c2ccc(C)cn2)cc1.Cl. The topological polar surface area (TPSA) is 77.2 Å². The van der Waals surface area contributed by atoms with Crippen LogP contribution in [0.15, 0.2) is 42.6 Å². The Balaban J connectivity index is 0.000000583. The van der Waals surface area contributed by atoms with Crippen molar-refractivity contribution >= 4 is 18.4 Å². The average Bonchev–Trinajstić information content (AvgIpc) is 2.49. The lowest BCUT2D eigenvalue weighted by molar-refractivity contribution is 0.251. The van der Waals surface area contributed by atoms with E-state index in [2.05, 4.69) is 22.1 Å².